The highest BCUT2D eigenvalue weighted by Crippen LogP contribution is 2.08. The van der Waals surface area contributed by atoms with Crippen LogP contribution in [0, 0.1) is 0 Å². The standard InChI is InChI=1S/C16H16N2O5/c19-13-6-8-17(9-7-14-22-10-11-23-14)16(21)18(13)15(20)12-4-2-1-3-5-12/h1-6,8,14H,7,9-11H2. The van der Waals surface area contributed by atoms with Gasteiger partial charge in [0.2, 0.25) is 0 Å². The van der Waals surface area contributed by atoms with Crippen LogP contribution in [-0.4, -0.2) is 34.5 Å². The van der Waals surface area contributed by atoms with Gasteiger partial charge in [-0.1, -0.05) is 18.2 Å². The predicted molar refractivity (Wildman–Crippen MR) is 81.4 cm³/mol. The van der Waals surface area contributed by atoms with Crippen molar-refractivity contribution in [2.75, 3.05) is 13.2 Å². The fraction of sp³-hybridized carbons (Fsp3) is 0.312. The predicted octanol–water partition coefficient (Wildman–Crippen LogP) is 0.461. The zero-order chi connectivity index (χ0) is 16.2. The highest BCUT2D eigenvalue weighted by Gasteiger charge is 2.18. The third kappa shape index (κ3) is 3.30. The van der Waals surface area contributed by atoms with E-state index < -0.39 is 17.2 Å². The molecule has 0 aliphatic carbocycles. The third-order valence-corrected chi connectivity index (χ3v) is 3.57. The molecule has 3 rings (SSSR count). The number of carbonyl (C=O) groups is 1. The van der Waals surface area contributed by atoms with Crippen LogP contribution in [0.4, 0.5) is 0 Å². The quantitative estimate of drug-likeness (QED) is 0.819. The second-order valence-corrected chi connectivity index (χ2v) is 5.10. The Bertz CT molecular complexity index is 803. The summed E-state index contributed by atoms with van der Waals surface area (Å²) >= 11 is 0. The van der Waals surface area contributed by atoms with E-state index in [2.05, 4.69) is 0 Å². The smallest absolute Gasteiger partial charge is 0.338 e. The normalized spacial score (nSPS) is 15.0. The molecule has 1 aromatic heterocycles. The van der Waals surface area contributed by atoms with Crippen LogP contribution < -0.4 is 11.2 Å². The Morgan fingerprint density at radius 2 is 1.78 bits per heavy atom. The minimum Gasteiger partial charge on any atom is -0.350 e. The van der Waals surface area contributed by atoms with Crippen molar-refractivity contribution in [3.8, 4) is 0 Å². The lowest BCUT2D eigenvalue weighted by Crippen LogP contribution is -2.43. The van der Waals surface area contributed by atoms with Gasteiger partial charge in [0.25, 0.3) is 11.5 Å². The van der Waals surface area contributed by atoms with Crippen LogP contribution in [0.25, 0.3) is 0 Å². The Kier molecular flexibility index (Phi) is 4.50. The first-order valence-electron chi connectivity index (χ1n) is 7.32. The number of benzene rings is 1. The number of ether oxygens (including phenoxy) is 2. The van der Waals surface area contributed by atoms with Gasteiger partial charge >= 0.3 is 5.69 Å². The second kappa shape index (κ2) is 6.72. The van der Waals surface area contributed by atoms with E-state index in [1.54, 1.807) is 30.3 Å². The van der Waals surface area contributed by atoms with E-state index in [0.717, 1.165) is 0 Å². The number of hydrogen-bond acceptors (Lipinski definition) is 5. The Morgan fingerprint density at radius 3 is 2.48 bits per heavy atom. The first kappa shape index (κ1) is 15.4. The van der Waals surface area contributed by atoms with E-state index in [-0.39, 0.29) is 11.9 Å². The van der Waals surface area contributed by atoms with Crippen molar-refractivity contribution in [1.29, 1.82) is 0 Å². The van der Waals surface area contributed by atoms with E-state index in [0.29, 0.717) is 30.7 Å². The Balaban J connectivity index is 1.88. The highest BCUT2D eigenvalue weighted by molar-refractivity contribution is 5.95. The van der Waals surface area contributed by atoms with Crippen molar-refractivity contribution in [1.82, 2.24) is 9.13 Å². The average molecular weight is 316 g/mol. The van der Waals surface area contributed by atoms with Crippen LogP contribution in [-0.2, 0) is 16.0 Å². The SMILES string of the molecule is O=C(c1ccccc1)n1c(=O)ccn(CCC2OCCO2)c1=O. The number of aromatic nitrogens is 2. The molecule has 0 atom stereocenters. The first-order chi connectivity index (χ1) is 11.2. The average Bonchev–Trinajstić information content (AvgIpc) is 3.08. The van der Waals surface area contributed by atoms with Crippen molar-refractivity contribution in [2.45, 2.75) is 19.3 Å². The third-order valence-electron chi connectivity index (χ3n) is 3.57. The molecular weight excluding hydrogens is 300 g/mol. The van der Waals surface area contributed by atoms with Gasteiger partial charge in [0, 0.05) is 30.8 Å². The summed E-state index contributed by atoms with van der Waals surface area (Å²) in [5, 5.41) is 0. The summed E-state index contributed by atoms with van der Waals surface area (Å²) in [4.78, 5) is 36.8. The molecule has 1 aliphatic heterocycles. The largest absolute Gasteiger partial charge is 0.350 e. The summed E-state index contributed by atoms with van der Waals surface area (Å²) in [6, 6.07) is 9.43. The van der Waals surface area contributed by atoms with Crippen molar-refractivity contribution >= 4 is 5.91 Å². The molecule has 1 saturated heterocycles. The molecule has 1 aromatic carbocycles. The van der Waals surface area contributed by atoms with E-state index >= 15 is 0 Å². The topological polar surface area (TPSA) is 79.5 Å². The number of hydrogen-bond donors (Lipinski definition) is 0. The van der Waals surface area contributed by atoms with Crippen LogP contribution in [0.15, 0.2) is 52.2 Å². The molecule has 120 valence electrons. The summed E-state index contributed by atoms with van der Waals surface area (Å²) in [5.41, 5.74) is -1.02. The van der Waals surface area contributed by atoms with Crippen LogP contribution in [0.3, 0.4) is 0 Å². The molecule has 0 spiro atoms. The molecule has 2 aromatic rings. The Hall–Kier alpha value is -2.51. The lowest BCUT2D eigenvalue weighted by Gasteiger charge is -2.11. The fourth-order valence-corrected chi connectivity index (χ4v) is 2.40. The maximum Gasteiger partial charge on any atom is 0.338 e. The number of carbonyl (C=O) groups excluding carboxylic acids is 1. The molecule has 7 heteroatoms. The van der Waals surface area contributed by atoms with E-state index in [4.69, 9.17) is 9.47 Å². The molecule has 2 heterocycles. The van der Waals surface area contributed by atoms with Gasteiger partial charge in [0.1, 0.15) is 0 Å². The van der Waals surface area contributed by atoms with Gasteiger partial charge in [0.05, 0.1) is 13.2 Å². The highest BCUT2D eigenvalue weighted by atomic mass is 16.7. The summed E-state index contributed by atoms with van der Waals surface area (Å²) in [6.07, 6.45) is 1.50. The van der Waals surface area contributed by atoms with Crippen molar-refractivity contribution < 1.29 is 14.3 Å². The maximum atomic E-state index is 12.4. The first-order valence-corrected chi connectivity index (χ1v) is 7.32. The number of rotatable bonds is 4. The molecular formula is C16H16N2O5. The molecule has 1 fully saturated rings. The summed E-state index contributed by atoms with van der Waals surface area (Å²) in [6.45, 7) is 1.36. The van der Waals surface area contributed by atoms with Gasteiger partial charge in [-0.15, -0.1) is 0 Å². The zero-order valence-corrected chi connectivity index (χ0v) is 12.4. The van der Waals surface area contributed by atoms with E-state index in [9.17, 15) is 14.4 Å². The van der Waals surface area contributed by atoms with Gasteiger partial charge < -0.3 is 9.47 Å². The molecule has 23 heavy (non-hydrogen) atoms. The van der Waals surface area contributed by atoms with Crippen LogP contribution in [0.2, 0.25) is 0 Å². The number of aryl methyl sites for hydroxylation is 1. The fourth-order valence-electron chi connectivity index (χ4n) is 2.40. The van der Waals surface area contributed by atoms with E-state index in [1.807, 2.05) is 0 Å². The zero-order valence-electron chi connectivity index (χ0n) is 12.4. The number of nitrogens with zero attached hydrogens (tertiary/aromatic N) is 2. The Labute approximate surface area is 131 Å². The molecule has 7 nitrogen and oxygen atoms in total. The van der Waals surface area contributed by atoms with Gasteiger partial charge in [-0.3, -0.25) is 14.2 Å². The molecule has 0 radical (unpaired) electrons. The summed E-state index contributed by atoms with van der Waals surface area (Å²) in [5.74, 6) is -0.636. The molecule has 0 amide bonds. The molecule has 0 saturated carbocycles. The molecule has 0 N–H and O–H groups in total. The lowest BCUT2D eigenvalue weighted by atomic mass is 10.2. The molecule has 0 unspecified atom stereocenters. The van der Waals surface area contributed by atoms with Gasteiger partial charge in [0.15, 0.2) is 6.29 Å². The molecule has 0 bridgehead atoms. The van der Waals surface area contributed by atoms with Crippen molar-refractivity contribution in [3.05, 3.63) is 69.0 Å². The van der Waals surface area contributed by atoms with E-state index in [1.165, 1.54) is 16.8 Å². The molecule has 1 aliphatic rings. The van der Waals surface area contributed by atoms with Crippen LogP contribution in [0.1, 0.15) is 16.8 Å². The lowest BCUT2D eigenvalue weighted by molar-refractivity contribution is -0.0492. The van der Waals surface area contributed by atoms with Crippen molar-refractivity contribution in [2.24, 2.45) is 0 Å². The summed E-state index contributed by atoms with van der Waals surface area (Å²) in [7, 11) is 0. The minimum atomic E-state index is -0.663. The Morgan fingerprint density at radius 1 is 1.09 bits per heavy atom. The van der Waals surface area contributed by atoms with Gasteiger partial charge in [-0.05, 0) is 12.1 Å². The van der Waals surface area contributed by atoms with Crippen LogP contribution >= 0.6 is 0 Å². The minimum absolute atomic E-state index is 0.284. The monoisotopic (exact) mass is 316 g/mol. The van der Waals surface area contributed by atoms with Crippen LogP contribution in [0.5, 0.6) is 0 Å². The maximum absolute atomic E-state index is 12.4. The van der Waals surface area contributed by atoms with Crippen molar-refractivity contribution in [3.63, 3.8) is 0 Å². The second-order valence-electron chi connectivity index (χ2n) is 5.10. The van der Waals surface area contributed by atoms with Gasteiger partial charge in [-0.2, -0.15) is 4.57 Å². The van der Waals surface area contributed by atoms with Gasteiger partial charge in [-0.25, -0.2) is 4.79 Å². The summed E-state index contributed by atoms with van der Waals surface area (Å²) < 4.78 is 12.6.